The number of nitrogens with zero attached hydrogens (tertiary/aromatic N) is 1. The van der Waals surface area contributed by atoms with Crippen LogP contribution < -0.4 is 10.7 Å². The van der Waals surface area contributed by atoms with Crippen LogP contribution in [-0.4, -0.2) is 18.2 Å². The Labute approximate surface area is 177 Å². The van der Waals surface area contributed by atoms with Gasteiger partial charge < -0.3 is 14.8 Å². The molecule has 30 heavy (non-hydrogen) atoms. The lowest BCUT2D eigenvalue weighted by Crippen LogP contribution is -2.77. The van der Waals surface area contributed by atoms with Gasteiger partial charge in [-0.05, 0) is 56.5 Å². The molecule has 4 rings (SSSR count). The quantitative estimate of drug-likeness (QED) is 0.383. The van der Waals surface area contributed by atoms with E-state index in [1.54, 1.807) is 0 Å². The first-order valence-corrected chi connectivity index (χ1v) is 10.6. The number of aryl methyl sites for hydroxylation is 2. The maximum Gasteiger partial charge on any atom is 0.141 e. The second-order valence-electron chi connectivity index (χ2n) is 7.72. The fraction of sp³-hybridized carbons (Fsp3) is 0.269. The zero-order chi connectivity index (χ0) is 21.3. The van der Waals surface area contributed by atoms with Gasteiger partial charge in [0.1, 0.15) is 17.0 Å². The Bertz CT molecular complexity index is 1250. The lowest BCUT2D eigenvalue weighted by Gasteiger charge is -2.19. The van der Waals surface area contributed by atoms with Crippen LogP contribution in [0.4, 0.5) is 5.69 Å². The number of rotatable bonds is 5. The number of quaternary nitrogens is 1. The van der Waals surface area contributed by atoms with Crippen molar-refractivity contribution in [2.45, 2.75) is 34.3 Å². The van der Waals surface area contributed by atoms with Crippen LogP contribution in [0.1, 0.15) is 30.5 Å². The van der Waals surface area contributed by atoms with Crippen LogP contribution in [0.3, 0.4) is 0 Å². The molecule has 0 atom stereocenters. The number of aliphatic hydroxyl groups is 1. The molecule has 0 spiro atoms. The minimum atomic E-state index is -0.00584. The van der Waals surface area contributed by atoms with Gasteiger partial charge in [0.2, 0.25) is 0 Å². The first-order chi connectivity index (χ1) is 14.6. The molecule has 1 heterocycles. The van der Waals surface area contributed by atoms with E-state index in [4.69, 9.17) is 4.42 Å². The Kier molecular flexibility index (Phi) is 5.71. The van der Waals surface area contributed by atoms with E-state index in [1.165, 1.54) is 11.3 Å². The SMILES string of the molecule is CCN=c1cc2oc3cc([NH2+]CC)c(C)cc3c(-c3ccccc3CO)c-2cc1C. The Morgan fingerprint density at radius 1 is 0.967 bits per heavy atom. The Balaban J connectivity index is 2.18. The summed E-state index contributed by atoms with van der Waals surface area (Å²) in [6.45, 7) is 10.1. The molecule has 2 aromatic carbocycles. The van der Waals surface area contributed by atoms with E-state index in [0.29, 0.717) is 0 Å². The summed E-state index contributed by atoms with van der Waals surface area (Å²) in [5.41, 5.74) is 8.48. The molecule has 2 aromatic rings. The van der Waals surface area contributed by atoms with Crippen molar-refractivity contribution < 1.29 is 14.8 Å². The zero-order valence-corrected chi connectivity index (χ0v) is 18.1. The van der Waals surface area contributed by atoms with Crippen molar-refractivity contribution in [3.8, 4) is 22.5 Å². The van der Waals surface area contributed by atoms with Crippen LogP contribution >= 0.6 is 0 Å². The molecule has 4 nitrogen and oxygen atoms in total. The molecule has 0 unspecified atom stereocenters. The van der Waals surface area contributed by atoms with Crippen LogP contribution in [0.2, 0.25) is 0 Å². The summed E-state index contributed by atoms with van der Waals surface area (Å²) in [4.78, 5) is 4.63. The average Bonchev–Trinajstić information content (AvgIpc) is 2.74. The van der Waals surface area contributed by atoms with Gasteiger partial charge in [-0.3, -0.25) is 4.99 Å². The van der Waals surface area contributed by atoms with Gasteiger partial charge in [-0.25, -0.2) is 0 Å². The van der Waals surface area contributed by atoms with Gasteiger partial charge in [-0.1, -0.05) is 24.3 Å². The summed E-state index contributed by atoms with van der Waals surface area (Å²) in [5.74, 6) is 0.814. The number of hydrogen-bond donors (Lipinski definition) is 2. The van der Waals surface area contributed by atoms with Gasteiger partial charge >= 0.3 is 0 Å². The van der Waals surface area contributed by atoms with Gasteiger partial charge in [0.05, 0.1) is 18.5 Å². The fourth-order valence-corrected chi connectivity index (χ4v) is 4.18. The number of fused-ring (bicyclic) bond motifs is 2. The van der Waals surface area contributed by atoms with E-state index < -0.39 is 0 Å². The standard InChI is InChI=1S/C26H28N2O2/c1-5-27-22-13-24-20(11-16(22)3)26(19-10-8-7-9-18(19)15-29)21-12-17(4)23(28-6-2)14-25(21)30-24/h7-14,27,29H,5-6,15H2,1-4H3/p+1. The lowest BCUT2D eigenvalue weighted by atomic mass is 9.89. The van der Waals surface area contributed by atoms with Crippen LogP contribution in [-0.2, 0) is 6.61 Å². The largest absolute Gasteiger partial charge is 0.456 e. The average molecular weight is 402 g/mol. The monoisotopic (exact) mass is 401 g/mol. The van der Waals surface area contributed by atoms with Gasteiger partial charge in [-0.2, -0.15) is 0 Å². The van der Waals surface area contributed by atoms with Crippen molar-refractivity contribution in [2.24, 2.45) is 4.99 Å². The fourth-order valence-electron chi connectivity index (χ4n) is 4.18. The first-order valence-electron chi connectivity index (χ1n) is 10.6. The molecule has 3 N–H and O–H groups in total. The highest BCUT2D eigenvalue weighted by molar-refractivity contribution is 6.03. The molecule has 0 saturated carbocycles. The first kappa shape index (κ1) is 20.3. The second kappa shape index (κ2) is 8.42. The van der Waals surface area contributed by atoms with Crippen LogP contribution in [0, 0.1) is 13.8 Å². The number of hydrogen-bond acceptors (Lipinski definition) is 3. The molecular weight excluding hydrogens is 372 g/mol. The third-order valence-electron chi connectivity index (χ3n) is 5.63. The van der Waals surface area contributed by atoms with Crippen molar-refractivity contribution in [2.75, 3.05) is 13.1 Å². The zero-order valence-electron chi connectivity index (χ0n) is 18.1. The molecule has 4 heteroatoms. The highest BCUT2D eigenvalue weighted by Gasteiger charge is 2.21. The van der Waals surface area contributed by atoms with E-state index in [2.05, 4.69) is 55.3 Å². The van der Waals surface area contributed by atoms with Crippen LogP contribution in [0.25, 0.3) is 33.4 Å². The number of aliphatic hydroxyl groups excluding tert-OH is 1. The van der Waals surface area contributed by atoms with E-state index in [9.17, 15) is 5.11 Å². The van der Waals surface area contributed by atoms with E-state index in [0.717, 1.165) is 63.0 Å². The normalized spacial score (nSPS) is 12.2. The Hall–Kier alpha value is -2.95. The Morgan fingerprint density at radius 2 is 1.77 bits per heavy atom. The van der Waals surface area contributed by atoms with E-state index in [-0.39, 0.29) is 6.61 Å². The summed E-state index contributed by atoms with van der Waals surface area (Å²) in [6.07, 6.45) is 0. The molecule has 2 aliphatic rings. The highest BCUT2D eigenvalue weighted by Crippen LogP contribution is 2.42. The van der Waals surface area contributed by atoms with Gasteiger partial charge in [0.15, 0.2) is 0 Å². The maximum absolute atomic E-state index is 10.0. The van der Waals surface area contributed by atoms with Gasteiger partial charge in [0, 0.05) is 40.8 Å². The second-order valence-corrected chi connectivity index (χ2v) is 7.72. The summed E-state index contributed by atoms with van der Waals surface area (Å²) >= 11 is 0. The molecule has 154 valence electrons. The van der Waals surface area contributed by atoms with Crippen molar-refractivity contribution in [3.63, 3.8) is 0 Å². The third-order valence-corrected chi connectivity index (χ3v) is 5.63. The molecule has 1 aliphatic heterocycles. The Morgan fingerprint density at radius 3 is 2.50 bits per heavy atom. The van der Waals surface area contributed by atoms with Crippen molar-refractivity contribution in [1.29, 1.82) is 0 Å². The molecular formula is C26H29N2O2+. The molecule has 0 aromatic heterocycles. The van der Waals surface area contributed by atoms with Crippen molar-refractivity contribution in [1.82, 2.24) is 0 Å². The summed E-state index contributed by atoms with van der Waals surface area (Å²) in [5, 5.41) is 14.3. The summed E-state index contributed by atoms with van der Waals surface area (Å²) in [6, 6.07) is 16.6. The molecule has 0 radical (unpaired) electrons. The minimum Gasteiger partial charge on any atom is -0.456 e. The van der Waals surface area contributed by atoms with Crippen molar-refractivity contribution >= 4 is 16.7 Å². The summed E-state index contributed by atoms with van der Waals surface area (Å²) in [7, 11) is 0. The van der Waals surface area contributed by atoms with Gasteiger partial charge in [0.25, 0.3) is 0 Å². The predicted octanol–water partition coefficient (Wildman–Crippen LogP) is 4.45. The number of benzene rings is 3. The topological polar surface area (TPSA) is 62.3 Å². The predicted molar refractivity (Wildman–Crippen MR) is 122 cm³/mol. The molecule has 0 bridgehead atoms. The molecule has 0 amide bonds. The van der Waals surface area contributed by atoms with E-state index >= 15 is 0 Å². The molecule has 1 aliphatic carbocycles. The van der Waals surface area contributed by atoms with Crippen molar-refractivity contribution in [3.05, 3.63) is 70.6 Å². The molecule has 0 fully saturated rings. The number of nitrogens with two attached hydrogens (primary N) is 1. The summed E-state index contributed by atoms with van der Waals surface area (Å²) < 4.78 is 6.42. The van der Waals surface area contributed by atoms with Crippen LogP contribution in [0.5, 0.6) is 0 Å². The smallest absolute Gasteiger partial charge is 0.141 e. The third kappa shape index (κ3) is 3.53. The van der Waals surface area contributed by atoms with Gasteiger partial charge in [-0.15, -0.1) is 0 Å². The van der Waals surface area contributed by atoms with Crippen LogP contribution in [0.15, 0.2) is 57.9 Å². The minimum absolute atomic E-state index is 0.00584. The highest BCUT2D eigenvalue weighted by atomic mass is 16.3. The maximum atomic E-state index is 10.0. The van der Waals surface area contributed by atoms with E-state index in [1.807, 2.05) is 31.2 Å². The lowest BCUT2D eigenvalue weighted by molar-refractivity contribution is -0.568. The molecule has 0 saturated heterocycles.